The van der Waals surface area contributed by atoms with E-state index >= 15 is 0 Å². The smallest absolute Gasteiger partial charge is 0.330 e. The number of aromatic amines is 1. The van der Waals surface area contributed by atoms with Gasteiger partial charge in [-0.2, -0.15) is 0 Å². The second kappa shape index (κ2) is 10.6. The maximum atomic E-state index is 12.9. The second-order valence-electron chi connectivity index (χ2n) is 7.83. The maximum Gasteiger partial charge on any atom is 0.330 e. The number of nitrogens with one attached hydrogen (secondary N) is 2. The summed E-state index contributed by atoms with van der Waals surface area (Å²) in [5.74, 6) is -0.335. The highest BCUT2D eigenvalue weighted by Gasteiger charge is 2.21. The summed E-state index contributed by atoms with van der Waals surface area (Å²) in [7, 11) is 1.51. The molecule has 0 fully saturated rings. The Balaban J connectivity index is 1.96. The molecule has 0 aliphatic carbocycles. The van der Waals surface area contributed by atoms with Gasteiger partial charge in [0.1, 0.15) is 11.5 Å². The highest BCUT2D eigenvalue weighted by Crippen LogP contribution is 2.20. The lowest BCUT2D eigenvalue weighted by Crippen LogP contribution is -2.41. The molecule has 9 heteroatoms. The van der Waals surface area contributed by atoms with Gasteiger partial charge in [-0.15, -0.1) is 0 Å². The number of benzene rings is 2. The Kier molecular flexibility index (Phi) is 7.68. The predicted molar refractivity (Wildman–Crippen MR) is 130 cm³/mol. The third kappa shape index (κ3) is 5.89. The molecule has 2 aromatic carbocycles. The number of hydrogen-bond donors (Lipinski definition) is 3. The molecule has 3 aromatic rings. The number of carbonyl (C=O) groups excluding carboxylic acids is 1. The van der Waals surface area contributed by atoms with Gasteiger partial charge in [0, 0.05) is 19.3 Å². The van der Waals surface area contributed by atoms with E-state index in [2.05, 4.69) is 10.3 Å². The van der Waals surface area contributed by atoms with Crippen LogP contribution in [0.15, 0.2) is 58.1 Å². The fourth-order valence-corrected chi connectivity index (χ4v) is 3.50. The van der Waals surface area contributed by atoms with E-state index in [1.807, 2.05) is 62.4 Å². The molecular weight excluding hydrogens is 422 g/mol. The Bertz CT molecular complexity index is 1230. The van der Waals surface area contributed by atoms with Crippen LogP contribution < -0.4 is 27.2 Å². The summed E-state index contributed by atoms with van der Waals surface area (Å²) in [6.45, 7) is 4.47. The Morgan fingerprint density at radius 2 is 1.85 bits per heavy atom. The standard InChI is InChI=1S/C24H29N5O4/c1-16-9-10-19(13-17(16)2)26-20(30)15-28(14-18-7-5-4-6-8-18)21-22(25)29(11-12-33-3)24(32)27-23(21)31/h4-10,13H,11-12,14-15,25H2,1-3H3,(H,26,30)(H,27,31,32). The molecule has 174 valence electrons. The minimum atomic E-state index is -0.652. The molecule has 0 saturated heterocycles. The second-order valence-corrected chi connectivity index (χ2v) is 7.83. The van der Waals surface area contributed by atoms with Crippen LogP contribution in [-0.4, -0.2) is 35.7 Å². The van der Waals surface area contributed by atoms with Crippen molar-refractivity contribution in [3.8, 4) is 0 Å². The summed E-state index contributed by atoms with van der Waals surface area (Å²) in [6.07, 6.45) is 0. The largest absolute Gasteiger partial charge is 0.383 e. The van der Waals surface area contributed by atoms with Crippen molar-refractivity contribution < 1.29 is 9.53 Å². The van der Waals surface area contributed by atoms with Gasteiger partial charge in [0.05, 0.1) is 19.7 Å². The molecule has 4 N–H and O–H groups in total. The van der Waals surface area contributed by atoms with E-state index in [-0.39, 0.29) is 43.7 Å². The van der Waals surface area contributed by atoms with E-state index in [4.69, 9.17) is 10.5 Å². The van der Waals surface area contributed by atoms with Crippen LogP contribution in [0.1, 0.15) is 16.7 Å². The first-order chi connectivity index (χ1) is 15.8. The first-order valence-corrected chi connectivity index (χ1v) is 10.6. The van der Waals surface area contributed by atoms with Crippen LogP contribution in [0.4, 0.5) is 17.2 Å². The highest BCUT2D eigenvalue weighted by molar-refractivity contribution is 5.94. The van der Waals surface area contributed by atoms with Crippen LogP contribution >= 0.6 is 0 Å². The molecule has 0 saturated carbocycles. The number of nitrogens with two attached hydrogens (primary N) is 1. The van der Waals surface area contributed by atoms with Gasteiger partial charge < -0.3 is 20.7 Å². The lowest BCUT2D eigenvalue weighted by atomic mass is 10.1. The molecule has 0 aliphatic heterocycles. The Labute approximate surface area is 191 Å². The minimum absolute atomic E-state index is 0.0179. The van der Waals surface area contributed by atoms with Crippen molar-refractivity contribution >= 4 is 23.1 Å². The lowest BCUT2D eigenvalue weighted by Gasteiger charge is -2.26. The number of methoxy groups -OCH3 is 1. The minimum Gasteiger partial charge on any atom is -0.383 e. The number of aromatic nitrogens is 2. The van der Waals surface area contributed by atoms with Gasteiger partial charge in [0.25, 0.3) is 5.56 Å². The van der Waals surface area contributed by atoms with Crippen LogP contribution in [0.25, 0.3) is 0 Å². The molecule has 1 aromatic heterocycles. The summed E-state index contributed by atoms with van der Waals surface area (Å²) in [4.78, 5) is 41.9. The summed E-state index contributed by atoms with van der Waals surface area (Å²) >= 11 is 0. The fourth-order valence-electron chi connectivity index (χ4n) is 3.50. The average Bonchev–Trinajstić information content (AvgIpc) is 2.76. The molecule has 3 rings (SSSR count). The van der Waals surface area contributed by atoms with Gasteiger partial charge in [-0.05, 0) is 42.7 Å². The summed E-state index contributed by atoms with van der Waals surface area (Å²) in [5.41, 5.74) is 8.76. The van der Waals surface area contributed by atoms with Crippen molar-refractivity contribution in [3.05, 3.63) is 86.1 Å². The zero-order valence-electron chi connectivity index (χ0n) is 19.1. The molecule has 0 aliphatic rings. The molecular formula is C24H29N5O4. The molecule has 0 spiro atoms. The number of anilines is 3. The van der Waals surface area contributed by atoms with Gasteiger partial charge in [0.2, 0.25) is 5.91 Å². The first-order valence-electron chi connectivity index (χ1n) is 10.6. The SMILES string of the molecule is COCCn1c(N)c(N(CC(=O)Nc2ccc(C)c(C)c2)Cc2ccccc2)c(=O)[nH]c1=O. The zero-order valence-corrected chi connectivity index (χ0v) is 19.1. The van der Waals surface area contributed by atoms with Crippen LogP contribution in [0.3, 0.4) is 0 Å². The fraction of sp³-hybridized carbons (Fsp3) is 0.292. The van der Waals surface area contributed by atoms with E-state index in [9.17, 15) is 14.4 Å². The highest BCUT2D eigenvalue weighted by atomic mass is 16.5. The van der Waals surface area contributed by atoms with E-state index < -0.39 is 11.2 Å². The summed E-state index contributed by atoms with van der Waals surface area (Å²) in [6, 6.07) is 15.0. The van der Waals surface area contributed by atoms with Crippen molar-refractivity contribution in [2.24, 2.45) is 0 Å². The number of amides is 1. The Hall–Kier alpha value is -3.85. The number of H-pyrrole nitrogens is 1. The van der Waals surface area contributed by atoms with Crippen molar-refractivity contribution in [1.82, 2.24) is 9.55 Å². The zero-order chi connectivity index (χ0) is 24.0. The number of hydrogen-bond acceptors (Lipinski definition) is 6. The van der Waals surface area contributed by atoms with Crippen LogP contribution in [0.5, 0.6) is 0 Å². The molecule has 9 nitrogen and oxygen atoms in total. The van der Waals surface area contributed by atoms with Crippen molar-refractivity contribution in [2.45, 2.75) is 26.9 Å². The van der Waals surface area contributed by atoms with Crippen LogP contribution in [-0.2, 0) is 22.6 Å². The van der Waals surface area contributed by atoms with Crippen LogP contribution in [0.2, 0.25) is 0 Å². The van der Waals surface area contributed by atoms with Gasteiger partial charge in [0.15, 0.2) is 0 Å². The number of rotatable bonds is 9. The molecule has 0 unspecified atom stereocenters. The normalized spacial score (nSPS) is 10.8. The molecule has 1 amide bonds. The van der Waals surface area contributed by atoms with Crippen LogP contribution in [0, 0.1) is 13.8 Å². The van der Waals surface area contributed by atoms with Gasteiger partial charge in [-0.25, -0.2) is 4.79 Å². The molecule has 1 heterocycles. The maximum absolute atomic E-state index is 12.9. The quantitative estimate of drug-likeness (QED) is 0.458. The third-order valence-electron chi connectivity index (χ3n) is 5.39. The Morgan fingerprint density at radius 1 is 1.12 bits per heavy atom. The lowest BCUT2D eigenvalue weighted by molar-refractivity contribution is -0.115. The summed E-state index contributed by atoms with van der Waals surface area (Å²) in [5, 5.41) is 2.87. The molecule has 0 atom stereocenters. The van der Waals surface area contributed by atoms with Crippen molar-refractivity contribution in [3.63, 3.8) is 0 Å². The van der Waals surface area contributed by atoms with E-state index in [1.54, 1.807) is 4.90 Å². The predicted octanol–water partition coefficient (Wildman–Crippen LogP) is 2.03. The number of aryl methyl sites for hydroxylation is 2. The molecule has 33 heavy (non-hydrogen) atoms. The van der Waals surface area contributed by atoms with Gasteiger partial charge in [-0.3, -0.25) is 19.1 Å². The van der Waals surface area contributed by atoms with Gasteiger partial charge >= 0.3 is 5.69 Å². The monoisotopic (exact) mass is 451 g/mol. The van der Waals surface area contributed by atoms with Gasteiger partial charge in [-0.1, -0.05) is 36.4 Å². The van der Waals surface area contributed by atoms with Crippen molar-refractivity contribution in [2.75, 3.05) is 36.2 Å². The number of carbonyl (C=O) groups is 1. The molecule has 0 radical (unpaired) electrons. The topological polar surface area (TPSA) is 122 Å². The number of ether oxygens (including phenoxy) is 1. The third-order valence-corrected chi connectivity index (χ3v) is 5.39. The number of nitrogen functional groups attached to an aromatic ring is 1. The summed E-state index contributed by atoms with van der Waals surface area (Å²) < 4.78 is 6.28. The number of nitrogens with zero attached hydrogens (tertiary/aromatic N) is 2. The Morgan fingerprint density at radius 3 is 2.52 bits per heavy atom. The van der Waals surface area contributed by atoms with Crippen molar-refractivity contribution in [1.29, 1.82) is 0 Å². The first kappa shape index (κ1) is 23.8. The van der Waals surface area contributed by atoms with E-state index in [0.717, 1.165) is 16.7 Å². The molecule has 0 bridgehead atoms. The van der Waals surface area contributed by atoms with E-state index in [0.29, 0.717) is 5.69 Å². The van der Waals surface area contributed by atoms with E-state index in [1.165, 1.54) is 11.7 Å². The average molecular weight is 452 g/mol.